The summed E-state index contributed by atoms with van der Waals surface area (Å²) in [4.78, 5) is 0. The number of ether oxygens (including phenoxy) is 3. The maximum atomic E-state index is 5.30. The molecule has 0 aliphatic carbocycles. The fourth-order valence-corrected chi connectivity index (χ4v) is 1.87. The fraction of sp³-hybridized carbons (Fsp3) is 0.231. The summed E-state index contributed by atoms with van der Waals surface area (Å²) in [6.45, 7) is 0. The van der Waals surface area contributed by atoms with Crippen LogP contribution in [0.25, 0.3) is 0 Å². The SMILES string of the molecule is COc1ccn(C(=S)Nc2c(OC)cccc2OC)n1. The predicted octanol–water partition coefficient (Wildman–Crippen LogP) is 2.15. The van der Waals surface area contributed by atoms with Gasteiger partial charge in [-0.05, 0) is 24.4 Å². The van der Waals surface area contributed by atoms with E-state index in [1.165, 1.54) is 4.68 Å². The average molecular weight is 293 g/mol. The van der Waals surface area contributed by atoms with Gasteiger partial charge in [0.2, 0.25) is 5.88 Å². The second kappa shape index (κ2) is 6.25. The molecule has 1 aromatic heterocycles. The lowest BCUT2D eigenvalue weighted by atomic mass is 10.2. The van der Waals surface area contributed by atoms with Gasteiger partial charge >= 0.3 is 0 Å². The second-order valence-electron chi connectivity index (χ2n) is 3.77. The summed E-state index contributed by atoms with van der Waals surface area (Å²) in [6.07, 6.45) is 1.70. The van der Waals surface area contributed by atoms with Gasteiger partial charge in [-0.2, -0.15) is 0 Å². The van der Waals surface area contributed by atoms with E-state index in [1.54, 1.807) is 33.6 Å². The van der Waals surface area contributed by atoms with Crippen molar-refractivity contribution in [1.29, 1.82) is 0 Å². The van der Waals surface area contributed by atoms with Crippen LogP contribution in [0.3, 0.4) is 0 Å². The molecule has 0 unspecified atom stereocenters. The third-order valence-electron chi connectivity index (χ3n) is 2.64. The van der Waals surface area contributed by atoms with Gasteiger partial charge in [0.25, 0.3) is 0 Å². The number of nitrogens with one attached hydrogen (secondary N) is 1. The van der Waals surface area contributed by atoms with Crippen molar-refractivity contribution < 1.29 is 14.2 Å². The van der Waals surface area contributed by atoms with Gasteiger partial charge in [0.1, 0.15) is 17.2 Å². The van der Waals surface area contributed by atoms with Gasteiger partial charge in [0.15, 0.2) is 5.11 Å². The molecule has 20 heavy (non-hydrogen) atoms. The van der Waals surface area contributed by atoms with Crippen LogP contribution in [0.15, 0.2) is 30.5 Å². The number of para-hydroxylation sites is 1. The monoisotopic (exact) mass is 293 g/mol. The van der Waals surface area contributed by atoms with Crippen molar-refractivity contribution in [1.82, 2.24) is 9.78 Å². The van der Waals surface area contributed by atoms with E-state index < -0.39 is 0 Å². The third kappa shape index (κ3) is 2.83. The second-order valence-corrected chi connectivity index (χ2v) is 4.16. The number of methoxy groups -OCH3 is 3. The normalized spacial score (nSPS) is 9.95. The first-order valence-corrected chi connectivity index (χ1v) is 6.22. The van der Waals surface area contributed by atoms with Gasteiger partial charge in [-0.25, -0.2) is 4.68 Å². The van der Waals surface area contributed by atoms with Crippen LogP contribution in [-0.4, -0.2) is 36.2 Å². The molecule has 0 fully saturated rings. The summed E-state index contributed by atoms with van der Waals surface area (Å²) in [5, 5.41) is 7.59. The molecule has 0 radical (unpaired) electrons. The summed E-state index contributed by atoms with van der Waals surface area (Å²) in [7, 11) is 4.71. The first-order valence-electron chi connectivity index (χ1n) is 5.81. The van der Waals surface area contributed by atoms with Crippen molar-refractivity contribution >= 4 is 23.0 Å². The summed E-state index contributed by atoms with van der Waals surface area (Å²) < 4.78 is 17.1. The molecule has 106 valence electrons. The molecule has 7 heteroatoms. The highest BCUT2D eigenvalue weighted by Gasteiger charge is 2.12. The summed E-state index contributed by atoms with van der Waals surface area (Å²) >= 11 is 5.30. The first kappa shape index (κ1) is 14.1. The zero-order chi connectivity index (χ0) is 14.5. The molecule has 0 saturated carbocycles. The Labute approximate surface area is 122 Å². The summed E-state index contributed by atoms with van der Waals surface area (Å²) in [5.41, 5.74) is 0.650. The van der Waals surface area contributed by atoms with E-state index >= 15 is 0 Å². The number of hydrogen-bond acceptors (Lipinski definition) is 5. The number of aromatic nitrogens is 2. The van der Waals surface area contributed by atoms with Gasteiger partial charge in [-0.15, -0.1) is 5.10 Å². The lowest BCUT2D eigenvalue weighted by Crippen LogP contribution is -2.20. The molecule has 6 nitrogen and oxygen atoms in total. The Bertz CT molecular complexity index is 590. The number of anilines is 1. The van der Waals surface area contributed by atoms with Crippen molar-refractivity contribution in [3.63, 3.8) is 0 Å². The van der Waals surface area contributed by atoms with Crippen molar-refractivity contribution in [3.05, 3.63) is 30.5 Å². The van der Waals surface area contributed by atoms with E-state index in [2.05, 4.69) is 10.4 Å². The lowest BCUT2D eigenvalue weighted by molar-refractivity contribution is 0.395. The lowest BCUT2D eigenvalue weighted by Gasteiger charge is -2.15. The smallest absolute Gasteiger partial charge is 0.232 e. The Morgan fingerprint density at radius 1 is 1.10 bits per heavy atom. The molecule has 1 aromatic carbocycles. The highest BCUT2D eigenvalue weighted by molar-refractivity contribution is 7.80. The van der Waals surface area contributed by atoms with Crippen molar-refractivity contribution in [3.8, 4) is 17.4 Å². The molecule has 0 atom stereocenters. The molecule has 0 saturated heterocycles. The van der Waals surface area contributed by atoms with Crippen molar-refractivity contribution in [2.24, 2.45) is 0 Å². The Balaban J connectivity index is 2.27. The third-order valence-corrected chi connectivity index (χ3v) is 2.93. The number of hydrogen-bond donors (Lipinski definition) is 1. The summed E-state index contributed by atoms with van der Waals surface area (Å²) in [5.74, 6) is 1.75. The number of rotatable bonds is 4. The first-order chi connectivity index (χ1) is 9.69. The van der Waals surface area contributed by atoms with Crippen LogP contribution >= 0.6 is 12.2 Å². The van der Waals surface area contributed by atoms with E-state index in [4.69, 9.17) is 26.4 Å². The van der Waals surface area contributed by atoms with Gasteiger partial charge in [-0.3, -0.25) is 0 Å². The molecule has 2 aromatic rings. The highest BCUT2D eigenvalue weighted by Crippen LogP contribution is 2.34. The molecule has 0 bridgehead atoms. The predicted molar refractivity (Wildman–Crippen MR) is 79.9 cm³/mol. The molecular weight excluding hydrogens is 278 g/mol. The zero-order valence-electron chi connectivity index (χ0n) is 11.4. The van der Waals surface area contributed by atoms with Crippen LogP contribution in [0.2, 0.25) is 0 Å². The Kier molecular flexibility index (Phi) is 4.41. The Morgan fingerprint density at radius 3 is 2.25 bits per heavy atom. The van der Waals surface area contributed by atoms with E-state index in [0.717, 1.165) is 0 Å². The van der Waals surface area contributed by atoms with Crippen LogP contribution in [-0.2, 0) is 0 Å². The summed E-state index contributed by atoms with van der Waals surface area (Å²) in [6, 6.07) is 7.19. The molecule has 1 N–H and O–H groups in total. The van der Waals surface area contributed by atoms with E-state index in [0.29, 0.717) is 28.2 Å². The van der Waals surface area contributed by atoms with Crippen LogP contribution in [0.1, 0.15) is 0 Å². The standard InChI is InChI=1S/C13H15N3O3S/c1-17-9-5-4-6-10(18-2)12(9)14-13(20)16-8-7-11(15-16)19-3/h4-8H,1-3H3,(H,14,20). The quantitative estimate of drug-likeness (QED) is 0.872. The molecule has 0 aliphatic heterocycles. The molecule has 1 heterocycles. The van der Waals surface area contributed by atoms with Crippen LogP contribution < -0.4 is 19.5 Å². The minimum Gasteiger partial charge on any atom is -0.494 e. The molecule has 2 rings (SSSR count). The van der Waals surface area contributed by atoms with Gasteiger partial charge in [0.05, 0.1) is 21.3 Å². The molecule has 0 amide bonds. The minimum absolute atomic E-state index is 0.385. The highest BCUT2D eigenvalue weighted by atomic mass is 32.1. The Morgan fingerprint density at radius 2 is 1.75 bits per heavy atom. The van der Waals surface area contributed by atoms with Gasteiger partial charge < -0.3 is 19.5 Å². The zero-order valence-corrected chi connectivity index (χ0v) is 12.2. The molecular formula is C13H15N3O3S. The topological polar surface area (TPSA) is 57.5 Å². The van der Waals surface area contributed by atoms with Crippen molar-refractivity contribution in [2.45, 2.75) is 0 Å². The number of benzene rings is 1. The average Bonchev–Trinajstić information content (AvgIpc) is 2.96. The minimum atomic E-state index is 0.385. The van der Waals surface area contributed by atoms with Crippen LogP contribution in [0.5, 0.6) is 17.4 Å². The molecule has 0 spiro atoms. The van der Waals surface area contributed by atoms with Gasteiger partial charge in [-0.1, -0.05) is 6.07 Å². The number of nitrogens with zero attached hydrogens (tertiary/aromatic N) is 2. The maximum Gasteiger partial charge on any atom is 0.232 e. The van der Waals surface area contributed by atoms with Crippen molar-refractivity contribution in [2.75, 3.05) is 26.6 Å². The van der Waals surface area contributed by atoms with E-state index in [9.17, 15) is 0 Å². The number of thiocarbonyl (C=S) groups is 1. The largest absolute Gasteiger partial charge is 0.494 e. The van der Waals surface area contributed by atoms with Crippen LogP contribution in [0, 0.1) is 0 Å². The fourth-order valence-electron chi connectivity index (χ4n) is 1.67. The van der Waals surface area contributed by atoms with E-state index in [-0.39, 0.29) is 0 Å². The van der Waals surface area contributed by atoms with E-state index in [1.807, 2.05) is 18.2 Å². The van der Waals surface area contributed by atoms with Gasteiger partial charge in [0, 0.05) is 12.3 Å². The Hall–Kier alpha value is -2.28. The maximum absolute atomic E-state index is 5.30. The van der Waals surface area contributed by atoms with Crippen LogP contribution in [0.4, 0.5) is 5.69 Å². The molecule has 0 aliphatic rings.